The van der Waals surface area contributed by atoms with Gasteiger partial charge in [0.1, 0.15) is 5.60 Å². The van der Waals surface area contributed by atoms with E-state index in [4.69, 9.17) is 14.2 Å². The fourth-order valence-corrected chi connectivity index (χ4v) is 3.80. The number of amides is 1. The van der Waals surface area contributed by atoms with E-state index in [1.165, 1.54) is 6.42 Å². The van der Waals surface area contributed by atoms with E-state index in [2.05, 4.69) is 12.2 Å². The van der Waals surface area contributed by atoms with E-state index in [9.17, 15) is 9.59 Å². The SMILES string of the molecule is C[C@H]1CCCC[C@H]1NC(=O)COC(=O)COc1cccc2c1OC(C)(C)C2. The molecule has 3 rings (SSSR count). The van der Waals surface area contributed by atoms with E-state index in [1.807, 2.05) is 26.0 Å². The van der Waals surface area contributed by atoms with Gasteiger partial charge in [-0.2, -0.15) is 0 Å². The van der Waals surface area contributed by atoms with Crippen LogP contribution in [0.4, 0.5) is 0 Å². The van der Waals surface area contributed by atoms with E-state index >= 15 is 0 Å². The first-order valence-corrected chi connectivity index (χ1v) is 9.73. The molecule has 6 heteroatoms. The van der Waals surface area contributed by atoms with Crippen LogP contribution in [0.25, 0.3) is 0 Å². The summed E-state index contributed by atoms with van der Waals surface area (Å²) in [5, 5.41) is 2.96. The second-order valence-electron chi connectivity index (χ2n) is 8.17. The number of esters is 1. The van der Waals surface area contributed by atoms with Gasteiger partial charge in [0.2, 0.25) is 0 Å². The molecule has 0 unspecified atom stereocenters. The maximum Gasteiger partial charge on any atom is 0.344 e. The highest BCUT2D eigenvalue weighted by molar-refractivity contribution is 5.81. The minimum Gasteiger partial charge on any atom is -0.483 e. The van der Waals surface area contributed by atoms with Gasteiger partial charge in [-0.25, -0.2) is 4.79 Å². The van der Waals surface area contributed by atoms with Crippen LogP contribution in [0.2, 0.25) is 0 Å². The predicted octanol–water partition coefficient (Wildman–Crippen LogP) is 3.02. The summed E-state index contributed by atoms with van der Waals surface area (Å²) < 4.78 is 16.5. The highest BCUT2D eigenvalue weighted by Gasteiger charge is 2.32. The van der Waals surface area contributed by atoms with Crippen LogP contribution < -0.4 is 14.8 Å². The lowest BCUT2D eigenvalue weighted by Gasteiger charge is -2.29. The van der Waals surface area contributed by atoms with Crippen molar-refractivity contribution in [3.8, 4) is 11.5 Å². The quantitative estimate of drug-likeness (QED) is 0.774. The largest absolute Gasteiger partial charge is 0.483 e. The summed E-state index contributed by atoms with van der Waals surface area (Å²) in [5.41, 5.74) is 0.781. The molecular weight excluding hydrogens is 346 g/mol. The maximum absolute atomic E-state index is 12.0. The summed E-state index contributed by atoms with van der Waals surface area (Å²) in [6.45, 7) is 5.63. The molecule has 0 radical (unpaired) electrons. The van der Waals surface area contributed by atoms with Crippen molar-refractivity contribution in [2.24, 2.45) is 5.92 Å². The van der Waals surface area contributed by atoms with Gasteiger partial charge in [-0.15, -0.1) is 0 Å². The second-order valence-corrected chi connectivity index (χ2v) is 8.17. The number of ether oxygens (including phenoxy) is 3. The summed E-state index contributed by atoms with van der Waals surface area (Å²) >= 11 is 0. The third-order valence-corrected chi connectivity index (χ3v) is 5.22. The first-order valence-electron chi connectivity index (χ1n) is 9.73. The lowest BCUT2D eigenvalue weighted by molar-refractivity contribution is -0.150. The van der Waals surface area contributed by atoms with Crippen LogP contribution in [0.3, 0.4) is 0 Å². The average Bonchev–Trinajstić information content (AvgIpc) is 2.94. The molecule has 0 saturated heterocycles. The van der Waals surface area contributed by atoms with E-state index in [0.717, 1.165) is 31.2 Å². The number of hydrogen-bond donors (Lipinski definition) is 1. The van der Waals surface area contributed by atoms with E-state index in [0.29, 0.717) is 17.4 Å². The van der Waals surface area contributed by atoms with Crippen molar-refractivity contribution < 1.29 is 23.8 Å². The number of para-hydroxylation sites is 1. The number of benzene rings is 1. The molecule has 27 heavy (non-hydrogen) atoms. The Balaban J connectivity index is 1.43. The van der Waals surface area contributed by atoms with Gasteiger partial charge in [0.05, 0.1) is 0 Å². The highest BCUT2D eigenvalue weighted by Crippen LogP contribution is 2.41. The van der Waals surface area contributed by atoms with Crippen molar-refractivity contribution >= 4 is 11.9 Å². The van der Waals surface area contributed by atoms with Crippen LogP contribution >= 0.6 is 0 Å². The van der Waals surface area contributed by atoms with Crippen molar-refractivity contribution in [1.82, 2.24) is 5.32 Å². The average molecular weight is 375 g/mol. The Morgan fingerprint density at radius 3 is 2.78 bits per heavy atom. The van der Waals surface area contributed by atoms with Crippen LogP contribution in [-0.2, 0) is 20.7 Å². The molecule has 1 heterocycles. The van der Waals surface area contributed by atoms with Gasteiger partial charge in [0, 0.05) is 18.0 Å². The van der Waals surface area contributed by atoms with Crippen LogP contribution in [0.5, 0.6) is 11.5 Å². The van der Waals surface area contributed by atoms with Crippen LogP contribution in [0.1, 0.15) is 52.0 Å². The first-order chi connectivity index (χ1) is 12.8. The molecule has 1 aromatic rings. The fraction of sp³-hybridized carbons (Fsp3) is 0.619. The summed E-state index contributed by atoms with van der Waals surface area (Å²) in [6.07, 6.45) is 5.25. The van der Waals surface area contributed by atoms with E-state index < -0.39 is 5.97 Å². The molecule has 1 amide bonds. The maximum atomic E-state index is 12.0. The number of carbonyl (C=O) groups is 2. The van der Waals surface area contributed by atoms with Crippen molar-refractivity contribution in [3.05, 3.63) is 23.8 Å². The molecule has 6 nitrogen and oxygen atoms in total. The Kier molecular flexibility index (Phi) is 5.92. The summed E-state index contributed by atoms with van der Waals surface area (Å²) in [6, 6.07) is 5.81. The molecule has 1 N–H and O–H groups in total. The Morgan fingerprint density at radius 1 is 1.22 bits per heavy atom. The number of nitrogens with one attached hydrogen (secondary N) is 1. The van der Waals surface area contributed by atoms with E-state index in [-0.39, 0.29) is 30.8 Å². The van der Waals surface area contributed by atoms with Gasteiger partial charge in [0.15, 0.2) is 24.7 Å². The van der Waals surface area contributed by atoms with Crippen LogP contribution in [0, 0.1) is 5.92 Å². The monoisotopic (exact) mass is 375 g/mol. The third-order valence-electron chi connectivity index (χ3n) is 5.22. The summed E-state index contributed by atoms with van der Waals surface area (Å²) in [5.74, 6) is 0.838. The van der Waals surface area contributed by atoms with Gasteiger partial charge in [-0.1, -0.05) is 31.9 Å². The number of carbonyl (C=O) groups excluding carboxylic acids is 2. The van der Waals surface area contributed by atoms with Crippen molar-refractivity contribution in [3.63, 3.8) is 0 Å². The molecule has 2 aliphatic rings. The lowest BCUT2D eigenvalue weighted by atomic mass is 9.86. The zero-order chi connectivity index (χ0) is 19.4. The number of hydrogen-bond acceptors (Lipinski definition) is 5. The lowest BCUT2D eigenvalue weighted by Crippen LogP contribution is -2.43. The molecule has 1 fully saturated rings. The molecule has 1 aromatic carbocycles. The highest BCUT2D eigenvalue weighted by atomic mass is 16.6. The van der Waals surface area contributed by atoms with Gasteiger partial charge < -0.3 is 19.5 Å². The van der Waals surface area contributed by atoms with Crippen molar-refractivity contribution in [1.29, 1.82) is 0 Å². The zero-order valence-corrected chi connectivity index (χ0v) is 16.4. The molecule has 1 aliphatic heterocycles. The standard InChI is InChI=1S/C21H29NO5/c1-14-7-4-5-9-16(14)22-18(23)12-26-19(24)13-25-17-10-6-8-15-11-21(2,3)27-20(15)17/h6,8,10,14,16H,4-5,7,9,11-13H2,1-3H3,(H,22,23)/t14-,16+/m0/s1. The number of fused-ring (bicyclic) bond motifs is 1. The topological polar surface area (TPSA) is 73.9 Å². The van der Waals surface area contributed by atoms with Gasteiger partial charge in [0.25, 0.3) is 5.91 Å². The molecule has 0 aromatic heterocycles. The summed E-state index contributed by atoms with van der Waals surface area (Å²) in [4.78, 5) is 23.9. The molecule has 1 saturated carbocycles. The van der Waals surface area contributed by atoms with Gasteiger partial charge in [-0.05, 0) is 38.7 Å². The minimum atomic E-state index is -0.572. The molecule has 1 aliphatic carbocycles. The van der Waals surface area contributed by atoms with Crippen molar-refractivity contribution in [2.45, 2.75) is 64.5 Å². The first kappa shape index (κ1) is 19.5. The molecule has 148 valence electrons. The smallest absolute Gasteiger partial charge is 0.344 e. The predicted molar refractivity (Wildman–Crippen MR) is 101 cm³/mol. The van der Waals surface area contributed by atoms with Crippen molar-refractivity contribution in [2.75, 3.05) is 13.2 Å². The molecule has 0 bridgehead atoms. The van der Waals surface area contributed by atoms with Gasteiger partial charge in [-0.3, -0.25) is 4.79 Å². The number of rotatable bonds is 6. The second kappa shape index (κ2) is 8.19. The summed E-state index contributed by atoms with van der Waals surface area (Å²) in [7, 11) is 0. The molecule has 0 spiro atoms. The fourth-order valence-electron chi connectivity index (χ4n) is 3.80. The van der Waals surface area contributed by atoms with Gasteiger partial charge >= 0.3 is 5.97 Å². The van der Waals surface area contributed by atoms with E-state index in [1.54, 1.807) is 6.07 Å². The van der Waals surface area contributed by atoms with Crippen LogP contribution in [0.15, 0.2) is 18.2 Å². The normalized spacial score (nSPS) is 23.1. The zero-order valence-electron chi connectivity index (χ0n) is 16.4. The Bertz CT molecular complexity index is 700. The molecule has 2 atom stereocenters. The Hall–Kier alpha value is -2.24. The minimum absolute atomic E-state index is 0.175. The Morgan fingerprint density at radius 2 is 2.00 bits per heavy atom. The Labute approximate surface area is 160 Å². The van der Waals surface area contributed by atoms with Crippen LogP contribution in [-0.4, -0.2) is 36.7 Å². The third kappa shape index (κ3) is 5.15. The molecular formula is C21H29NO5.